The van der Waals surface area contributed by atoms with E-state index in [1.165, 1.54) is 6.42 Å². The number of rotatable bonds is 9. The number of hydrogen-bond acceptors (Lipinski definition) is 5. The van der Waals surface area contributed by atoms with E-state index in [-0.39, 0.29) is 18.8 Å². The molecule has 4 rings (SSSR count). The molecule has 35 heavy (non-hydrogen) atoms. The molecule has 4 aliphatic rings. The monoisotopic (exact) mass is 492 g/mol. The second kappa shape index (κ2) is 9.06. The van der Waals surface area contributed by atoms with Crippen LogP contribution in [0.15, 0.2) is 0 Å². The normalized spacial score (nSPS) is 33.5. The molecule has 4 fully saturated rings. The van der Waals surface area contributed by atoms with Crippen LogP contribution < -0.4 is 0 Å². The van der Waals surface area contributed by atoms with Crippen molar-refractivity contribution in [2.24, 2.45) is 39.9 Å². The van der Waals surface area contributed by atoms with Crippen LogP contribution in [-0.4, -0.2) is 34.2 Å². The summed E-state index contributed by atoms with van der Waals surface area (Å²) in [5, 5.41) is 9.81. The summed E-state index contributed by atoms with van der Waals surface area (Å²) in [6, 6.07) is 0. The van der Waals surface area contributed by atoms with Crippen LogP contribution >= 0.6 is 0 Å². The number of carboxylic acid groups (broad SMARTS) is 1. The van der Waals surface area contributed by atoms with E-state index in [4.69, 9.17) is 9.47 Å². The minimum Gasteiger partial charge on any atom is -0.481 e. The third-order valence-electron chi connectivity index (χ3n) is 9.43. The van der Waals surface area contributed by atoms with Gasteiger partial charge in [-0.25, -0.2) is 0 Å². The summed E-state index contributed by atoms with van der Waals surface area (Å²) in [5.41, 5.74) is -4.42. The molecule has 4 saturated carbocycles. The molecule has 1 N–H and O–H groups in total. The molecule has 0 aromatic heterocycles. The second-order valence-corrected chi connectivity index (χ2v) is 14.4. The van der Waals surface area contributed by atoms with Gasteiger partial charge >= 0.3 is 17.9 Å². The molecule has 4 aliphatic carbocycles. The first-order valence-corrected chi connectivity index (χ1v) is 13.5. The van der Waals surface area contributed by atoms with Crippen molar-refractivity contribution in [2.75, 3.05) is 0 Å². The lowest BCUT2D eigenvalue weighted by molar-refractivity contribution is -0.214. The Balaban J connectivity index is 1.87. The van der Waals surface area contributed by atoms with E-state index in [0.717, 1.165) is 37.5 Å². The van der Waals surface area contributed by atoms with E-state index in [2.05, 4.69) is 6.92 Å². The van der Waals surface area contributed by atoms with Crippen molar-refractivity contribution in [3.63, 3.8) is 0 Å². The number of carbonyl (C=O) groups is 3. The fourth-order valence-corrected chi connectivity index (χ4v) is 7.47. The highest BCUT2D eigenvalue weighted by molar-refractivity contribution is 5.82. The Morgan fingerprint density at radius 3 is 1.69 bits per heavy atom. The van der Waals surface area contributed by atoms with Gasteiger partial charge in [-0.15, -0.1) is 0 Å². The van der Waals surface area contributed by atoms with Crippen molar-refractivity contribution >= 4 is 17.9 Å². The van der Waals surface area contributed by atoms with Gasteiger partial charge in [0, 0.05) is 0 Å². The first-order chi connectivity index (χ1) is 15.8. The summed E-state index contributed by atoms with van der Waals surface area (Å²) in [5.74, 6) is 0.657. The average Bonchev–Trinajstić information content (AvgIpc) is 2.69. The maximum Gasteiger partial charge on any atom is 0.312 e. The molecule has 0 spiro atoms. The highest BCUT2D eigenvalue weighted by atomic mass is 16.6. The molecular weight excluding hydrogens is 444 g/mol. The molecule has 0 saturated heterocycles. The number of carboxylic acids is 1. The predicted octanol–water partition coefficient (Wildman–Crippen LogP) is 6.40. The third-order valence-corrected chi connectivity index (χ3v) is 9.43. The standard InChI is InChI=1S/C29H48O6/c1-10-27(7,17-28(8,16-26(5,6)22(30)31)24(33)34-25(2,3)4)23(32)35-29(9)20-12-18-11-19(14-20)15-21(29)13-18/h18-21H,10-17H2,1-9H3,(H,30,31). The second-order valence-electron chi connectivity index (χ2n) is 14.4. The van der Waals surface area contributed by atoms with Gasteiger partial charge in [-0.3, -0.25) is 14.4 Å². The SMILES string of the molecule is CCC(C)(CC(C)(CC(C)(C)C(=O)O)C(=O)OC(C)(C)C)C(=O)OC1(C)C2CC3CC(C2)CC1C3. The lowest BCUT2D eigenvalue weighted by atomic mass is 9.50. The van der Waals surface area contributed by atoms with Crippen molar-refractivity contribution in [1.29, 1.82) is 0 Å². The predicted molar refractivity (Wildman–Crippen MR) is 135 cm³/mol. The van der Waals surface area contributed by atoms with Gasteiger partial charge in [0.25, 0.3) is 0 Å². The molecule has 2 atom stereocenters. The zero-order valence-corrected chi connectivity index (χ0v) is 23.5. The maximum atomic E-state index is 13.9. The molecule has 0 heterocycles. The number of ether oxygens (including phenoxy) is 2. The molecule has 0 radical (unpaired) electrons. The maximum absolute atomic E-state index is 13.9. The smallest absolute Gasteiger partial charge is 0.312 e. The number of hydrogen-bond donors (Lipinski definition) is 1. The summed E-state index contributed by atoms with van der Waals surface area (Å²) in [6.45, 7) is 16.3. The van der Waals surface area contributed by atoms with Crippen LogP contribution in [0.2, 0.25) is 0 Å². The Kier molecular flexibility index (Phi) is 7.24. The van der Waals surface area contributed by atoms with Crippen LogP contribution in [0.4, 0.5) is 0 Å². The molecule has 0 aromatic carbocycles. The van der Waals surface area contributed by atoms with Crippen molar-refractivity contribution < 1.29 is 29.0 Å². The molecule has 4 bridgehead atoms. The van der Waals surface area contributed by atoms with Gasteiger partial charge in [-0.2, -0.15) is 0 Å². The first kappa shape index (κ1) is 28.0. The molecule has 6 nitrogen and oxygen atoms in total. The van der Waals surface area contributed by atoms with Crippen LogP contribution in [0.1, 0.15) is 114 Å². The average molecular weight is 493 g/mol. The molecular formula is C29H48O6. The van der Waals surface area contributed by atoms with Gasteiger partial charge in [-0.1, -0.05) is 6.92 Å². The number of esters is 2. The molecule has 2 unspecified atom stereocenters. The van der Waals surface area contributed by atoms with E-state index >= 15 is 0 Å². The Labute approximate surface area is 211 Å². The zero-order valence-electron chi connectivity index (χ0n) is 23.5. The van der Waals surface area contributed by atoms with Crippen LogP contribution in [0.5, 0.6) is 0 Å². The van der Waals surface area contributed by atoms with E-state index in [1.54, 1.807) is 41.5 Å². The van der Waals surface area contributed by atoms with Crippen LogP contribution in [0, 0.1) is 39.9 Å². The van der Waals surface area contributed by atoms with E-state index in [9.17, 15) is 19.5 Å². The lowest BCUT2D eigenvalue weighted by Crippen LogP contribution is -2.59. The van der Waals surface area contributed by atoms with Crippen molar-refractivity contribution in [1.82, 2.24) is 0 Å². The Morgan fingerprint density at radius 1 is 0.800 bits per heavy atom. The van der Waals surface area contributed by atoms with Gasteiger partial charge in [0.05, 0.1) is 16.2 Å². The van der Waals surface area contributed by atoms with Gasteiger partial charge in [-0.05, 0) is 130 Å². The van der Waals surface area contributed by atoms with Crippen LogP contribution in [0.25, 0.3) is 0 Å². The quantitative estimate of drug-likeness (QED) is 0.375. The Hall–Kier alpha value is -1.59. The molecule has 0 aromatic rings. The molecule has 0 aliphatic heterocycles. The van der Waals surface area contributed by atoms with Gasteiger partial charge < -0.3 is 14.6 Å². The van der Waals surface area contributed by atoms with Crippen LogP contribution in [-0.2, 0) is 23.9 Å². The Bertz CT molecular complexity index is 824. The minimum absolute atomic E-state index is 0.0684. The topological polar surface area (TPSA) is 89.9 Å². The highest BCUT2D eigenvalue weighted by Crippen LogP contribution is 2.60. The molecule has 200 valence electrons. The number of aliphatic carboxylic acids is 1. The summed E-state index contributed by atoms with van der Waals surface area (Å²) < 4.78 is 12.2. The summed E-state index contributed by atoms with van der Waals surface area (Å²) in [6.07, 6.45) is 6.64. The highest BCUT2D eigenvalue weighted by Gasteiger charge is 2.58. The van der Waals surface area contributed by atoms with Gasteiger partial charge in [0.1, 0.15) is 11.2 Å². The molecule has 6 heteroatoms. The fourth-order valence-electron chi connectivity index (χ4n) is 7.47. The lowest BCUT2D eigenvalue weighted by Gasteiger charge is -2.59. The van der Waals surface area contributed by atoms with Crippen LogP contribution in [0.3, 0.4) is 0 Å². The van der Waals surface area contributed by atoms with E-state index < -0.39 is 39.4 Å². The van der Waals surface area contributed by atoms with Gasteiger partial charge in [0.2, 0.25) is 0 Å². The fraction of sp³-hybridized carbons (Fsp3) is 0.897. The van der Waals surface area contributed by atoms with Gasteiger partial charge in [0.15, 0.2) is 0 Å². The van der Waals surface area contributed by atoms with Crippen molar-refractivity contribution in [3.8, 4) is 0 Å². The zero-order chi connectivity index (χ0) is 26.6. The minimum atomic E-state index is -1.16. The summed E-state index contributed by atoms with van der Waals surface area (Å²) in [7, 11) is 0. The third kappa shape index (κ3) is 5.56. The first-order valence-electron chi connectivity index (χ1n) is 13.5. The summed E-state index contributed by atoms with van der Waals surface area (Å²) in [4.78, 5) is 39.3. The van der Waals surface area contributed by atoms with Crippen molar-refractivity contribution in [2.45, 2.75) is 125 Å². The number of carbonyl (C=O) groups excluding carboxylic acids is 2. The molecule has 0 amide bonds. The van der Waals surface area contributed by atoms with E-state index in [1.807, 2.05) is 13.8 Å². The largest absolute Gasteiger partial charge is 0.481 e. The Morgan fingerprint density at radius 2 is 1.29 bits per heavy atom. The van der Waals surface area contributed by atoms with Crippen molar-refractivity contribution in [3.05, 3.63) is 0 Å². The van der Waals surface area contributed by atoms with E-state index in [0.29, 0.717) is 18.3 Å². The summed E-state index contributed by atoms with van der Waals surface area (Å²) >= 11 is 0.